The zero-order valence-corrected chi connectivity index (χ0v) is 21.7. The summed E-state index contributed by atoms with van der Waals surface area (Å²) in [7, 11) is 1.57. The molecule has 0 spiro atoms. The molecule has 8 nitrogen and oxygen atoms in total. The Hall–Kier alpha value is -3.04. The Labute approximate surface area is 216 Å². The van der Waals surface area contributed by atoms with Crippen LogP contribution < -0.4 is 26.7 Å². The molecule has 0 radical (unpaired) electrons. The number of aryl methyl sites for hydroxylation is 2. The number of carbonyl (C=O) groups is 2. The Balaban J connectivity index is 1.33. The second-order valence-electron chi connectivity index (χ2n) is 10.1. The number of amides is 2. The van der Waals surface area contributed by atoms with Crippen molar-refractivity contribution in [1.82, 2.24) is 16.1 Å². The molecule has 1 atom stereocenters. The average Bonchev–Trinajstić information content (AvgIpc) is 3.79. The number of hydrogen-bond donors (Lipinski definition) is 5. The summed E-state index contributed by atoms with van der Waals surface area (Å²) in [5.74, 6) is 1.44. The molecule has 5 rings (SSSR count). The Morgan fingerprint density at radius 1 is 1.08 bits per heavy atom. The van der Waals surface area contributed by atoms with Crippen molar-refractivity contribution in [2.45, 2.75) is 57.9 Å². The van der Waals surface area contributed by atoms with Crippen molar-refractivity contribution in [3.8, 4) is 0 Å². The van der Waals surface area contributed by atoms with E-state index in [1.165, 1.54) is 23.3 Å². The van der Waals surface area contributed by atoms with Gasteiger partial charge in [0.05, 0.1) is 18.9 Å². The fourth-order valence-electron chi connectivity index (χ4n) is 4.49. The van der Waals surface area contributed by atoms with Gasteiger partial charge in [-0.3, -0.25) is 19.9 Å². The van der Waals surface area contributed by atoms with Gasteiger partial charge in [0.25, 0.3) is 5.91 Å². The summed E-state index contributed by atoms with van der Waals surface area (Å²) in [6.07, 6.45) is 8.47. The van der Waals surface area contributed by atoms with E-state index in [2.05, 4.69) is 45.8 Å². The quantitative estimate of drug-likeness (QED) is 0.293. The minimum absolute atomic E-state index is 0.0395. The lowest BCUT2D eigenvalue weighted by Crippen LogP contribution is -2.37. The molecule has 3 aliphatic rings. The Kier molecular flexibility index (Phi) is 7.48. The molecule has 0 saturated heterocycles. The Morgan fingerprint density at radius 2 is 1.86 bits per heavy atom. The topological polar surface area (TPSA) is 104 Å². The van der Waals surface area contributed by atoms with Crippen LogP contribution in [0.2, 0.25) is 0 Å². The zero-order valence-electron chi connectivity index (χ0n) is 20.9. The minimum Gasteiger partial charge on any atom is -0.367 e. The summed E-state index contributed by atoms with van der Waals surface area (Å²) in [5, 5.41) is 13.9. The van der Waals surface area contributed by atoms with Gasteiger partial charge in [0.2, 0.25) is 5.91 Å². The van der Waals surface area contributed by atoms with E-state index in [0.29, 0.717) is 29.4 Å². The molecule has 1 aromatic heterocycles. The van der Waals surface area contributed by atoms with Gasteiger partial charge in [0, 0.05) is 29.1 Å². The molecule has 3 aliphatic carbocycles. The van der Waals surface area contributed by atoms with Crippen molar-refractivity contribution in [1.29, 1.82) is 0 Å². The van der Waals surface area contributed by atoms with Gasteiger partial charge in [-0.15, -0.1) is 11.3 Å². The van der Waals surface area contributed by atoms with Gasteiger partial charge in [-0.25, -0.2) is 0 Å². The molecule has 2 aromatic rings. The highest BCUT2D eigenvalue weighted by Gasteiger charge is 2.34. The molecular weight excluding hydrogens is 474 g/mol. The second kappa shape index (κ2) is 10.9. The SMILES string of the molecule is CON/C=C(/Nc1ccc(C)cc1)NC1CCc2sc(NC(=O)C3CC3)c(C(=O)NCC3CC3)c2C1. The standard InChI is InChI=1S/C27H35N5O3S/c1-16-3-9-19(10-4-16)30-23(15-29-35-2)31-20-11-12-22-21(13-20)24(26(34)28-14-17-5-6-17)27(36-22)32-25(33)18-7-8-18/h3-4,9-10,15,17-18,20,29-31H,5-8,11-14H2,1-2H3,(H,28,34)(H,32,33)/b23-15-. The summed E-state index contributed by atoms with van der Waals surface area (Å²) in [5.41, 5.74) is 6.67. The van der Waals surface area contributed by atoms with E-state index >= 15 is 0 Å². The van der Waals surface area contributed by atoms with Crippen molar-refractivity contribution in [2.75, 3.05) is 24.3 Å². The Morgan fingerprint density at radius 3 is 2.56 bits per heavy atom. The van der Waals surface area contributed by atoms with Crippen LogP contribution in [-0.2, 0) is 22.5 Å². The van der Waals surface area contributed by atoms with Gasteiger partial charge in [-0.2, -0.15) is 0 Å². The van der Waals surface area contributed by atoms with E-state index in [1.807, 2.05) is 12.1 Å². The molecule has 36 heavy (non-hydrogen) atoms. The number of thiophene rings is 1. The average molecular weight is 510 g/mol. The number of fused-ring (bicyclic) bond motifs is 1. The maximum absolute atomic E-state index is 13.3. The number of benzene rings is 1. The number of rotatable bonds is 11. The predicted molar refractivity (Wildman–Crippen MR) is 143 cm³/mol. The number of hydroxylamine groups is 1. The van der Waals surface area contributed by atoms with Gasteiger partial charge in [0.1, 0.15) is 10.8 Å². The predicted octanol–water partition coefficient (Wildman–Crippen LogP) is 4.05. The number of anilines is 2. The van der Waals surface area contributed by atoms with Crippen LogP contribution >= 0.6 is 11.3 Å². The van der Waals surface area contributed by atoms with Crippen LogP contribution in [0.1, 0.15) is 58.5 Å². The lowest BCUT2D eigenvalue weighted by molar-refractivity contribution is -0.117. The van der Waals surface area contributed by atoms with Crippen LogP contribution in [0.4, 0.5) is 10.7 Å². The van der Waals surface area contributed by atoms with E-state index in [0.717, 1.165) is 42.8 Å². The molecule has 2 fully saturated rings. The summed E-state index contributed by atoms with van der Waals surface area (Å²) in [6.45, 7) is 2.77. The zero-order chi connectivity index (χ0) is 25.1. The second-order valence-corrected chi connectivity index (χ2v) is 11.2. The first kappa shape index (κ1) is 24.6. The van der Waals surface area contributed by atoms with Crippen LogP contribution in [0.15, 0.2) is 36.3 Å². The summed E-state index contributed by atoms with van der Waals surface area (Å²) < 4.78 is 0. The van der Waals surface area contributed by atoms with Crippen molar-refractivity contribution in [2.24, 2.45) is 11.8 Å². The van der Waals surface area contributed by atoms with E-state index in [-0.39, 0.29) is 23.8 Å². The number of carbonyl (C=O) groups excluding carboxylic acids is 2. The third-order valence-corrected chi connectivity index (χ3v) is 8.14. The first-order valence-corrected chi connectivity index (χ1v) is 13.6. The monoisotopic (exact) mass is 509 g/mol. The van der Waals surface area contributed by atoms with Crippen molar-refractivity contribution in [3.63, 3.8) is 0 Å². The highest BCUT2D eigenvalue weighted by atomic mass is 32.1. The smallest absolute Gasteiger partial charge is 0.254 e. The molecule has 2 amide bonds. The van der Waals surface area contributed by atoms with E-state index < -0.39 is 0 Å². The van der Waals surface area contributed by atoms with E-state index in [9.17, 15) is 9.59 Å². The first-order valence-electron chi connectivity index (χ1n) is 12.8. The molecule has 192 valence electrons. The fraction of sp³-hybridized carbons (Fsp3) is 0.481. The maximum Gasteiger partial charge on any atom is 0.254 e. The summed E-state index contributed by atoms with van der Waals surface area (Å²) in [4.78, 5) is 32.1. The normalized spacial score (nSPS) is 19.3. The highest BCUT2D eigenvalue weighted by molar-refractivity contribution is 7.17. The van der Waals surface area contributed by atoms with Gasteiger partial charge < -0.3 is 21.3 Å². The van der Waals surface area contributed by atoms with E-state index in [4.69, 9.17) is 4.84 Å². The first-order chi connectivity index (χ1) is 17.5. The van der Waals surface area contributed by atoms with Gasteiger partial charge >= 0.3 is 0 Å². The lowest BCUT2D eigenvalue weighted by atomic mass is 9.91. The number of hydrogen-bond acceptors (Lipinski definition) is 7. The lowest BCUT2D eigenvalue weighted by Gasteiger charge is -2.27. The molecule has 0 bridgehead atoms. The largest absolute Gasteiger partial charge is 0.367 e. The van der Waals surface area contributed by atoms with E-state index in [1.54, 1.807) is 24.6 Å². The van der Waals surface area contributed by atoms with Crippen LogP contribution in [0.25, 0.3) is 0 Å². The van der Waals surface area contributed by atoms with Crippen LogP contribution in [0.3, 0.4) is 0 Å². The Bertz CT molecular complexity index is 1140. The molecule has 5 N–H and O–H groups in total. The minimum atomic E-state index is -0.0688. The molecule has 2 saturated carbocycles. The van der Waals surface area contributed by atoms with Crippen LogP contribution in [0, 0.1) is 18.8 Å². The fourth-order valence-corrected chi connectivity index (χ4v) is 5.73. The van der Waals surface area contributed by atoms with Gasteiger partial charge in [-0.1, -0.05) is 17.7 Å². The van der Waals surface area contributed by atoms with Crippen LogP contribution in [-0.4, -0.2) is 31.5 Å². The molecule has 1 heterocycles. The molecule has 9 heteroatoms. The highest BCUT2D eigenvalue weighted by Crippen LogP contribution is 2.40. The van der Waals surface area contributed by atoms with Crippen LogP contribution in [0.5, 0.6) is 0 Å². The number of nitrogens with one attached hydrogen (secondary N) is 5. The van der Waals surface area contributed by atoms with Crippen molar-refractivity contribution in [3.05, 3.63) is 57.9 Å². The summed E-state index contributed by atoms with van der Waals surface area (Å²) >= 11 is 1.57. The molecule has 1 aromatic carbocycles. The summed E-state index contributed by atoms with van der Waals surface area (Å²) in [6, 6.07) is 8.31. The van der Waals surface area contributed by atoms with Gasteiger partial charge in [-0.05, 0) is 75.5 Å². The molecule has 0 aliphatic heterocycles. The molecular formula is C27H35N5O3S. The maximum atomic E-state index is 13.3. The van der Waals surface area contributed by atoms with Crippen molar-refractivity contribution >= 4 is 33.8 Å². The molecule has 1 unspecified atom stereocenters. The third kappa shape index (κ3) is 6.20. The third-order valence-electron chi connectivity index (χ3n) is 6.93. The van der Waals surface area contributed by atoms with Crippen molar-refractivity contribution < 1.29 is 14.4 Å². The van der Waals surface area contributed by atoms with Gasteiger partial charge in [0.15, 0.2) is 0 Å².